The summed E-state index contributed by atoms with van der Waals surface area (Å²) in [5.41, 5.74) is 3.49. The molecule has 4 rings (SSSR count). The van der Waals surface area contributed by atoms with Crippen molar-refractivity contribution in [1.82, 2.24) is 20.0 Å². The summed E-state index contributed by atoms with van der Waals surface area (Å²) in [6.07, 6.45) is 0. The van der Waals surface area contributed by atoms with E-state index < -0.39 is 0 Å². The lowest BCUT2D eigenvalue weighted by molar-refractivity contribution is 0.189. The van der Waals surface area contributed by atoms with Crippen molar-refractivity contribution in [3.63, 3.8) is 0 Å². The highest BCUT2D eigenvalue weighted by Crippen LogP contribution is 2.36. The Morgan fingerprint density at radius 1 is 0.917 bits per heavy atom. The zero-order valence-corrected chi connectivity index (χ0v) is 21.1. The molecule has 0 aliphatic heterocycles. The van der Waals surface area contributed by atoms with Crippen LogP contribution in [0.4, 0.5) is 4.79 Å². The third-order valence-electron chi connectivity index (χ3n) is 5.68. The van der Waals surface area contributed by atoms with Gasteiger partial charge < -0.3 is 19.7 Å². The molecule has 0 radical (unpaired) electrons. The second-order valence-corrected chi connectivity index (χ2v) is 8.82. The van der Waals surface area contributed by atoms with E-state index in [1.165, 1.54) is 0 Å². The van der Waals surface area contributed by atoms with E-state index in [0.29, 0.717) is 30.5 Å². The number of aryl methyl sites for hydroxylation is 1. The molecule has 1 N–H and O–H groups in total. The van der Waals surface area contributed by atoms with Gasteiger partial charge in [-0.3, -0.25) is 0 Å². The normalized spacial score (nSPS) is 10.8. The summed E-state index contributed by atoms with van der Waals surface area (Å²) in [7, 11) is 1.61. The van der Waals surface area contributed by atoms with Gasteiger partial charge in [-0.2, -0.15) is 5.10 Å². The quantitative estimate of drug-likeness (QED) is 0.312. The molecule has 7 nitrogen and oxygen atoms in total. The Kier molecular flexibility index (Phi) is 7.90. The van der Waals surface area contributed by atoms with Crippen molar-refractivity contribution < 1.29 is 14.3 Å². The summed E-state index contributed by atoms with van der Waals surface area (Å²) >= 11 is 0. The minimum Gasteiger partial charge on any atom is -0.493 e. The number of hydrogen-bond donors (Lipinski definition) is 1. The fourth-order valence-electron chi connectivity index (χ4n) is 3.91. The highest BCUT2D eigenvalue weighted by molar-refractivity contribution is 5.74. The third-order valence-corrected chi connectivity index (χ3v) is 5.68. The fraction of sp³-hybridized carbons (Fsp3) is 0.241. The molecule has 7 heteroatoms. The van der Waals surface area contributed by atoms with Gasteiger partial charge in [0.15, 0.2) is 11.5 Å². The summed E-state index contributed by atoms with van der Waals surface area (Å²) in [4.78, 5) is 15.0. The maximum atomic E-state index is 13.2. The number of urea groups is 1. The summed E-state index contributed by atoms with van der Waals surface area (Å²) in [6, 6.07) is 27.1. The zero-order valence-electron chi connectivity index (χ0n) is 21.1. The van der Waals surface area contributed by atoms with E-state index in [4.69, 9.17) is 14.6 Å². The van der Waals surface area contributed by atoms with E-state index in [9.17, 15) is 4.79 Å². The monoisotopic (exact) mass is 484 g/mol. The van der Waals surface area contributed by atoms with Crippen molar-refractivity contribution in [2.24, 2.45) is 0 Å². The molecule has 0 unspecified atom stereocenters. The van der Waals surface area contributed by atoms with Gasteiger partial charge in [0.25, 0.3) is 0 Å². The van der Waals surface area contributed by atoms with Gasteiger partial charge >= 0.3 is 6.03 Å². The van der Waals surface area contributed by atoms with E-state index >= 15 is 0 Å². The second kappa shape index (κ2) is 11.4. The molecule has 4 aromatic rings. The molecule has 0 aliphatic rings. The first kappa shape index (κ1) is 24.9. The third kappa shape index (κ3) is 5.86. The van der Waals surface area contributed by atoms with E-state index in [1.54, 1.807) is 16.7 Å². The van der Waals surface area contributed by atoms with Crippen LogP contribution in [0, 0.1) is 6.92 Å². The molecule has 0 saturated carbocycles. The Labute approximate surface area is 212 Å². The van der Waals surface area contributed by atoms with Crippen molar-refractivity contribution in [2.45, 2.75) is 39.9 Å². The Bertz CT molecular complexity index is 1290. The Morgan fingerprint density at radius 3 is 2.17 bits per heavy atom. The first-order valence-corrected chi connectivity index (χ1v) is 12.0. The largest absolute Gasteiger partial charge is 0.493 e. The number of methoxy groups -OCH3 is 1. The summed E-state index contributed by atoms with van der Waals surface area (Å²) in [5, 5.41) is 7.83. The fourth-order valence-corrected chi connectivity index (χ4v) is 3.91. The zero-order chi connectivity index (χ0) is 25.5. The van der Waals surface area contributed by atoms with Crippen LogP contribution in [0.25, 0.3) is 5.69 Å². The number of benzene rings is 3. The van der Waals surface area contributed by atoms with Gasteiger partial charge in [-0.15, -0.1) is 0 Å². The number of carbonyl (C=O) groups excluding carboxylic acids is 1. The van der Waals surface area contributed by atoms with Gasteiger partial charge in [0, 0.05) is 12.6 Å². The van der Waals surface area contributed by atoms with Gasteiger partial charge in [0.2, 0.25) is 5.88 Å². The lowest BCUT2D eigenvalue weighted by Gasteiger charge is -2.25. The molecule has 186 valence electrons. The van der Waals surface area contributed by atoms with Crippen molar-refractivity contribution in [3.8, 4) is 23.1 Å². The Morgan fingerprint density at radius 2 is 1.53 bits per heavy atom. The molecular weight excluding hydrogens is 452 g/mol. The van der Waals surface area contributed by atoms with Gasteiger partial charge in [-0.05, 0) is 50.6 Å². The molecule has 0 saturated heterocycles. The molecule has 0 atom stereocenters. The SMILES string of the molecule is COc1ccccc1Oc1c(CN(Cc2ccccc2)C(=O)NC(C)C)c(C)nn1-c1ccccc1. The first-order valence-electron chi connectivity index (χ1n) is 12.0. The van der Waals surface area contributed by atoms with E-state index in [2.05, 4.69) is 5.32 Å². The van der Waals surface area contributed by atoms with Crippen molar-refractivity contribution >= 4 is 6.03 Å². The molecule has 36 heavy (non-hydrogen) atoms. The van der Waals surface area contributed by atoms with Crippen LogP contribution >= 0.6 is 0 Å². The number of para-hydroxylation sites is 3. The number of hydrogen-bond acceptors (Lipinski definition) is 4. The molecule has 0 aliphatic carbocycles. The van der Waals surface area contributed by atoms with E-state index in [0.717, 1.165) is 22.5 Å². The van der Waals surface area contributed by atoms with Crippen LogP contribution in [-0.2, 0) is 13.1 Å². The minimum absolute atomic E-state index is 0.00760. The molecule has 1 heterocycles. The minimum atomic E-state index is -0.149. The van der Waals surface area contributed by atoms with Crippen LogP contribution in [0.1, 0.15) is 30.7 Å². The molecule has 0 bridgehead atoms. The molecule has 0 fully saturated rings. The summed E-state index contributed by atoms with van der Waals surface area (Å²) in [6.45, 7) is 6.60. The number of nitrogens with one attached hydrogen (secondary N) is 1. The van der Waals surface area contributed by atoms with Gasteiger partial charge in [-0.25, -0.2) is 9.48 Å². The predicted molar refractivity (Wildman–Crippen MR) is 141 cm³/mol. The van der Waals surface area contributed by atoms with Crippen molar-refractivity contribution in [2.75, 3.05) is 7.11 Å². The lowest BCUT2D eigenvalue weighted by Crippen LogP contribution is -2.42. The van der Waals surface area contributed by atoms with Crippen LogP contribution < -0.4 is 14.8 Å². The maximum Gasteiger partial charge on any atom is 0.318 e. The number of ether oxygens (including phenoxy) is 2. The highest BCUT2D eigenvalue weighted by atomic mass is 16.5. The average Bonchev–Trinajstić information content (AvgIpc) is 3.19. The van der Waals surface area contributed by atoms with E-state index in [1.807, 2.05) is 106 Å². The van der Waals surface area contributed by atoms with Gasteiger partial charge in [0.05, 0.1) is 30.6 Å². The van der Waals surface area contributed by atoms with Gasteiger partial charge in [0.1, 0.15) is 0 Å². The molecule has 2 amide bonds. The topological polar surface area (TPSA) is 68.6 Å². The average molecular weight is 485 g/mol. The van der Waals surface area contributed by atoms with E-state index in [-0.39, 0.29) is 12.1 Å². The Hall–Kier alpha value is -4.26. The molecule has 0 spiro atoms. The molecule has 1 aromatic heterocycles. The highest BCUT2D eigenvalue weighted by Gasteiger charge is 2.25. The van der Waals surface area contributed by atoms with Gasteiger partial charge in [-0.1, -0.05) is 60.7 Å². The lowest BCUT2D eigenvalue weighted by atomic mass is 10.2. The summed E-state index contributed by atoms with van der Waals surface area (Å²) in [5.74, 6) is 1.72. The molecular formula is C29H32N4O3. The number of aromatic nitrogens is 2. The molecule has 3 aromatic carbocycles. The van der Waals surface area contributed by atoms with Crippen LogP contribution in [0.15, 0.2) is 84.9 Å². The standard InChI is InChI=1S/C29H32N4O3/c1-21(2)30-29(34)32(19-23-13-7-5-8-14-23)20-25-22(3)31-33(24-15-9-6-10-16-24)28(25)36-27-18-12-11-17-26(27)35-4/h5-18,21H,19-20H2,1-4H3,(H,30,34). The maximum absolute atomic E-state index is 13.2. The van der Waals surface area contributed by atoms with Crippen LogP contribution in [0.5, 0.6) is 17.4 Å². The number of nitrogens with zero attached hydrogens (tertiary/aromatic N) is 3. The summed E-state index contributed by atoms with van der Waals surface area (Å²) < 4.78 is 13.8. The predicted octanol–water partition coefficient (Wildman–Crippen LogP) is 6.10. The second-order valence-electron chi connectivity index (χ2n) is 8.82. The van der Waals surface area contributed by atoms with Crippen LogP contribution in [-0.4, -0.2) is 33.9 Å². The van der Waals surface area contributed by atoms with Crippen LogP contribution in [0.2, 0.25) is 0 Å². The number of carbonyl (C=O) groups is 1. The smallest absolute Gasteiger partial charge is 0.318 e. The Balaban J connectivity index is 1.77. The van der Waals surface area contributed by atoms with Crippen molar-refractivity contribution in [3.05, 3.63) is 102 Å². The van der Waals surface area contributed by atoms with Crippen LogP contribution in [0.3, 0.4) is 0 Å². The van der Waals surface area contributed by atoms with Crippen molar-refractivity contribution in [1.29, 1.82) is 0 Å². The number of amides is 2. The number of rotatable bonds is 9. The first-order chi connectivity index (χ1) is 17.5.